The lowest BCUT2D eigenvalue weighted by molar-refractivity contribution is -0.144. The lowest BCUT2D eigenvalue weighted by Crippen LogP contribution is -2.36. The number of ether oxygens (including phenoxy) is 2. The van der Waals surface area contributed by atoms with Crippen LogP contribution in [0, 0.1) is 0 Å². The Morgan fingerprint density at radius 1 is 0.581 bits per heavy atom. The second-order valence-electron chi connectivity index (χ2n) is 12.6. The van der Waals surface area contributed by atoms with Gasteiger partial charge in [-0.1, -0.05) is 155 Å². The fraction of sp³-hybridized carbons (Fsp3) is 0.895. The van der Waals surface area contributed by atoms with Crippen LogP contribution in [0.2, 0.25) is 0 Å². The number of allylic oxidation sites excluding steroid dienone is 1. The third kappa shape index (κ3) is 29.0. The van der Waals surface area contributed by atoms with Crippen molar-refractivity contribution in [3.63, 3.8) is 0 Å². The predicted octanol–water partition coefficient (Wildman–Crippen LogP) is 12.1. The van der Waals surface area contributed by atoms with E-state index < -0.39 is 0 Å². The van der Waals surface area contributed by atoms with Gasteiger partial charge < -0.3 is 14.4 Å². The zero-order valence-corrected chi connectivity index (χ0v) is 29.3. The van der Waals surface area contributed by atoms with Crippen molar-refractivity contribution < 1.29 is 19.1 Å². The molecule has 0 spiro atoms. The minimum atomic E-state index is -0.221. The Hall–Kier alpha value is -1.52. The quantitative estimate of drug-likeness (QED) is 0.0433. The third-order valence-electron chi connectivity index (χ3n) is 8.34. The Morgan fingerprint density at radius 3 is 1.53 bits per heavy atom. The number of hydrogen-bond acceptors (Lipinski definition) is 4. The number of esters is 1. The summed E-state index contributed by atoms with van der Waals surface area (Å²) < 4.78 is 11.6. The van der Waals surface area contributed by atoms with Gasteiger partial charge >= 0.3 is 12.1 Å². The molecule has 5 heteroatoms. The number of rotatable bonds is 32. The minimum absolute atomic E-state index is 0.178. The summed E-state index contributed by atoms with van der Waals surface area (Å²) in [7, 11) is 0. The molecule has 1 unspecified atom stereocenters. The highest BCUT2D eigenvalue weighted by Crippen LogP contribution is 2.17. The van der Waals surface area contributed by atoms with Gasteiger partial charge in [-0.05, 0) is 44.9 Å². The van der Waals surface area contributed by atoms with Crippen LogP contribution in [0.25, 0.3) is 0 Å². The summed E-state index contributed by atoms with van der Waals surface area (Å²) in [4.78, 5) is 27.8. The fourth-order valence-corrected chi connectivity index (χ4v) is 5.50. The fourth-order valence-electron chi connectivity index (χ4n) is 5.50. The van der Waals surface area contributed by atoms with Crippen molar-refractivity contribution in [3.8, 4) is 0 Å². The van der Waals surface area contributed by atoms with Crippen molar-refractivity contribution in [1.82, 2.24) is 4.90 Å². The van der Waals surface area contributed by atoms with E-state index in [0.717, 1.165) is 58.0 Å². The Morgan fingerprint density at radius 2 is 1.05 bits per heavy atom. The largest absolute Gasteiger partial charge is 0.465 e. The van der Waals surface area contributed by atoms with Crippen LogP contribution in [0.15, 0.2) is 12.2 Å². The van der Waals surface area contributed by atoms with E-state index in [1.165, 1.54) is 109 Å². The monoisotopic (exact) mass is 608 g/mol. The van der Waals surface area contributed by atoms with E-state index in [-0.39, 0.29) is 18.2 Å². The van der Waals surface area contributed by atoms with E-state index in [1.807, 2.05) is 4.90 Å². The average Bonchev–Trinajstić information content (AvgIpc) is 3.00. The van der Waals surface area contributed by atoms with E-state index in [2.05, 4.69) is 39.8 Å². The van der Waals surface area contributed by atoms with E-state index in [4.69, 9.17) is 9.47 Å². The van der Waals surface area contributed by atoms with Gasteiger partial charge in [0.15, 0.2) is 0 Å². The van der Waals surface area contributed by atoms with Crippen molar-refractivity contribution in [3.05, 3.63) is 12.2 Å². The average molecular weight is 608 g/mol. The summed E-state index contributed by atoms with van der Waals surface area (Å²) in [5.41, 5.74) is 0. The molecule has 0 aromatic rings. The lowest BCUT2D eigenvalue weighted by atomic mass is 10.0. The molecule has 43 heavy (non-hydrogen) atoms. The molecular weight excluding hydrogens is 534 g/mol. The molecule has 0 saturated heterocycles. The third-order valence-corrected chi connectivity index (χ3v) is 8.34. The van der Waals surface area contributed by atoms with Gasteiger partial charge in [-0.2, -0.15) is 0 Å². The van der Waals surface area contributed by atoms with Crippen LogP contribution in [0.3, 0.4) is 0 Å². The first kappa shape index (κ1) is 41.5. The Labute approximate surface area is 268 Å². The lowest BCUT2D eigenvalue weighted by Gasteiger charge is -2.26. The molecule has 254 valence electrons. The molecule has 0 rings (SSSR count). The van der Waals surface area contributed by atoms with Gasteiger partial charge in [0.25, 0.3) is 0 Å². The standard InChI is InChI=1S/C38H73NO4/c1-5-9-13-17-19-21-24-27-33-39(34-28-25-22-20-18-14-10-6-2)38(41)43-36(30-26-23-15-11-7-3)31-32-37(40)42-35-29-16-12-8-4/h12,16,36H,5-11,13-15,17-35H2,1-4H3. The van der Waals surface area contributed by atoms with Gasteiger partial charge in [-0.25, -0.2) is 4.79 Å². The van der Waals surface area contributed by atoms with Crippen molar-refractivity contribution in [2.75, 3.05) is 19.7 Å². The molecule has 0 aromatic carbocycles. The Balaban J connectivity index is 4.90. The highest BCUT2D eigenvalue weighted by atomic mass is 16.6. The molecule has 1 amide bonds. The van der Waals surface area contributed by atoms with Gasteiger partial charge in [0.2, 0.25) is 0 Å². The van der Waals surface area contributed by atoms with Crippen LogP contribution >= 0.6 is 0 Å². The topological polar surface area (TPSA) is 55.8 Å². The highest BCUT2D eigenvalue weighted by molar-refractivity contribution is 5.70. The van der Waals surface area contributed by atoms with Gasteiger partial charge in [0.05, 0.1) is 6.61 Å². The zero-order chi connectivity index (χ0) is 31.6. The first-order chi connectivity index (χ1) is 21.1. The molecule has 0 fully saturated rings. The van der Waals surface area contributed by atoms with Crippen molar-refractivity contribution in [2.24, 2.45) is 0 Å². The van der Waals surface area contributed by atoms with Crippen LogP contribution < -0.4 is 0 Å². The van der Waals surface area contributed by atoms with Crippen LogP contribution in [0.4, 0.5) is 4.79 Å². The number of nitrogens with zero attached hydrogens (tertiary/aromatic N) is 1. The molecule has 0 N–H and O–H groups in total. The number of carbonyl (C=O) groups is 2. The van der Waals surface area contributed by atoms with Gasteiger partial charge in [0, 0.05) is 19.5 Å². The summed E-state index contributed by atoms with van der Waals surface area (Å²) >= 11 is 0. The van der Waals surface area contributed by atoms with Crippen LogP contribution in [-0.2, 0) is 14.3 Å². The Bertz CT molecular complexity index is 615. The molecule has 0 heterocycles. The van der Waals surface area contributed by atoms with Crippen LogP contribution in [-0.4, -0.2) is 42.8 Å². The maximum atomic E-state index is 13.5. The minimum Gasteiger partial charge on any atom is -0.465 e. The molecule has 0 radical (unpaired) electrons. The van der Waals surface area contributed by atoms with E-state index in [9.17, 15) is 9.59 Å². The second-order valence-corrected chi connectivity index (χ2v) is 12.6. The Kier molecular flexibility index (Phi) is 32.2. The molecule has 0 bridgehead atoms. The smallest absolute Gasteiger partial charge is 0.410 e. The first-order valence-electron chi connectivity index (χ1n) is 18.8. The summed E-state index contributed by atoms with van der Waals surface area (Å²) in [6, 6.07) is 0. The molecule has 0 aliphatic heterocycles. The van der Waals surface area contributed by atoms with Crippen LogP contribution in [0.5, 0.6) is 0 Å². The predicted molar refractivity (Wildman–Crippen MR) is 185 cm³/mol. The number of carbonyl (C=O) groups excluding carboxylic acids is 2. The molecule has 1 atom stereocenters. The number of unbranched alkanes of at least 4 members (excludes halogenated alkanes) is 18. The zero-order valence-electron chi connectivity index (χ0n) is 29.3. The molecule has 0 aliphatic rings. The molecule has 5 nitrogen and oxygen atoms in total. The molecule has 0 aromatic heterocycles. The summed E-state index contributed by atoms with van der Waals surface area (Å²) in [5, 5.41) is 0. The number of amides is 1. The summed E-state index contributed by atoms with van der Waals surface area (Å²) in [5.74, 6) is -0.188. The van der Waals surface area contributed by atoms with E-state index in [1.54, 1.807) is 0 Å². The van der Waals surface area contributed by atoms with Crippen molar-refractivity contribution in [1.29, 1.82) is 0 Å². The SMILES string of the molecule is CCC=CCCOC(=O)CCC(CCCCCCC)OC(=O)N(CCCCCCCCCC)CCCCCCCCCC. The normalized spacial score (nSPS) is 12.1. The molecule has 0 saturated carbocycles. The summed E-state index contributed by atoms with van der Waals surface area (Å²) in [6.07, 6.45) is 33.2. The number of hydrogen-bond donors (Lipinski definition) is 0. The van der Waals surface area contributed by atoms with Gasteiger partial charge in [0.1, 0.15) is 6.10 Å². The maximum Gasteiger partial charge on any atom is 0.410 e. The second kappa shape index (κ2) is 33.4. The van der Waals surface area contributed by atoms with Gasteiger partial charge in [-0.15, -0.1) is 0 Å². The van der Waals surface area contributed by atoms with Crippen molar-refractivity contribution in [2.45, 2.75) is 201 Å². The van der Waals surface area contributed by atoms with Gasteiger partial charge in [-0.3, -0.25) is 4.79 Å². The summed E-state index contributed by atoms with van der Waals surface area (Å²) in [6.45, 7) is 10.8. The maximum absolute atomic E-state index is 13.5. The molecular formula is C38H73NO4. The van der Waals surface area contributed by atoms with Crippen LogP contribution in [0.1, 0.15) is 195 Å². The first-order valence-corrected chi connectivity index (χ1v) is 18.8. The highest BCUT2D eigenvalue weighted by Gasteiger charge is 2.21. The van der Waals surface area contributed by atoms with E-state index in [0.29, 0.717) is 19.4 Å². The van der Waals surface area contributed by atoms with Crippen molar-refractivity contribution >= 4 is 12.1 Å². The van der Waals surface area contributed by atoms with E-state index >= 15 is 0 Å². The molecule has 0 aliphatic carbocycles.